The van der Waals surface area contributed by atoms with Crippen molar-refractivity contribution in [2.24, 2.45) is 0 Å². The van der Waals surface area contributed by atoms with E-state index < -0.39 is 0 Å². The van der Waals surface area contributed by atoms with Crippen molar-refractivity contribution in [1.82, 2.24) is 9.97 Å². The maximum Gasteiger partial charge on any atom is 0.225 e. The molecule has 3 rings (SSSR count). The first kappa shape index (κ1) is 18.2. The molecule has 0 atom stereocenters. The number of thiophene rings is 1. The molecule has 0 aliphatic heterocycles. The van der Waals surface area contributed by atoms with Gasteiger partial charge in [0.2, 0.25) is 5.28 Å². The Bertz CT molecular complexity index is 880. The lowest BCUT2D eigenvalue weighted by molar-refractivity contribution is 0.849. The van der Waals surface area contributed by atoms with E-state index in [9.17, 15) is 0 Å². The third kappa shape index (κ3) is 3.38. The Balaban J connectivity index is 2.26. The van der Waals surface area contributed by atoms with Crippen molar-refractivity contribution in [3.8, 4) is 11.1 Å². The second kappa shape index (κ2) is 7.30. The fourth-order valence-corrected chi connectivity index (χ4v) is 4.46. The standard InChI is InChI=1S/C20H24ClN3S/c1-6-24(7-2)18-17-16(13(5)25-19(17)23-20(21)22-18)15-10-8-14(9-11-15)12(3)4/h8-12H,6-7H2,1-5H3. The van der Waals surface area contributed by atoms with E-state index in [1.807, 2.05) is 0 Å². The molecule has 0 aliphatic rings. The van der Waals surface area contributed by atoms with Gasteiger partial charge in [-0.05, 0) is 49.4 Å². The van der Waals surface area contributed by atoms with Gasteiger partial charge < -0.3 is 4.90 Å². The molecule has 0 aliphatic carbocycles. The van der Waals surface area contributed by atoms with Crippen LogP contribution in [0.2, 0.25) is 5.28 Å². The number of rotatable bonds is 5. The predicted molar refractivity (Wildman–Crippen MR) is 110 cm³/mol. The molecule has 0 radical (unpaired) electrons. The third-order valence-electron chi connectivity index (χ3n) is 4.61. The first-order valence-corrected chi connectivity index (χ1v) is 9.97. The minimum absolute atomic E-state index is 0.317. The minimum Gasteiger partial charge on any atom is -0.356 e. The Morgan fingerprint density at radius 2 is 1.72 bits per heavy atom. The largest absolute Gasteiger partial charge is 0.356 e. The SMILES string of the molecule is CCN(CC)c1nc(Cl)nc2sc(C)c(-c3ccc(C(C)C)cc3)c12. The zero-order chi connectivity index (χ0) is 18.1. The van der Waals surface area contributed by atoms with Crippen LogP contribution in [0.5, 0.6) is 0 Å². The molecule has 5 heteroatoms. The molecule has 25 heavy (non-hydrogen) atoms. The lowest BCUT2D eigenvalue weighted by atomic mass is 9.97. The summed E-state index contributed by atoms with van der Waals surface area (Å²) in [7, 11) is 0. The number of hydrogen-bond donors (Lipinski definition) is 0. The smallest absolute Gasteiger partial charge is 0.225 e. The van der Waals surface area contributed by atoms with Gasteiger partial charge in [-0.3, -0.25) is 0 Å². The van der Waals surface area contributed by atoms with E-state index in [1.165, 1.54) is 21.6 Å². The molecule has 0 unspecified atom stereocenters. The fourth-order valence-electron chi connectivity index (χ4n) is 3.20. The zero-order valence-corrected chi connectivity index (χ0v) is 17.0. The number of anilines is 1. The van der Waals surface area contributed by atoms with E-state index in [0.717, 1.165) is 29.1 Å². The highest BCUT2D eigenvalue weighted by molar-refractivity contribution is 7.19. The molecule has 1 aromatic carbocycles. The molecule has 2 aromatic heterocycles. The molecular weight excluding hydrogens is 350 g/mol. The summed E-state index contributed by atoms with van der Waals surface area (Å²) in [6.07, 6.45) is 0. The van der Waals surface area contributed by atoms with Crippen LogP contribution in [0.25, 0.3) is 21.3 Å². The molecule has 3 aromatic rings. The van der Waals surface area contributed by atoms with Crippen LogP contribution >= 0.6 is 22.9 Å². The van der Waals surface area contributed by atoms with Crippen molar-refractivity contribution >= 4 is 39.0 Å². The molecule has 0 N–H and O–H groups in total. The van der Waals surface area contributed by atoms with Crippen LogP contribution in [0.15, 0.2) is 24.3 Å². The zero-order valence-electron chi connectivity index (χ0n) is 15.4. The average Bonchev–Trinajstić information content (AvgIpc) is 2.91. The normalized spacial score (nSPS) is 11.5. The number of hydrogen-bond acceptors (Lipinski definition) is 4. The number of aromatic nitrogens is 2. The van der Waals surface area contributed by atoms with E-state index >= 15 is 0 Å². The van der Waals surface area contributed by atoms with Gasteiger partial charge in [0.05, 0.1) is 5.39 Å². The minimum atomic E-state index is 0.317. The van der Waals surface area contributed by atoms with E-state index in [4.69, 9.17) is 11.6 Å². The summed E-state index contributed by atoms with van der Waals surface area (Å²) in [5, 5.41) is 1.44. The fraction of sp³-hybridized carbons (Fsp3) is 0.400. The molecule has 3 nitrogen and oxygen atoms in total. The number of nitrogens with zero attached hydrogens (tertiary/aromatic N) is 3. The predicted octanol–water partition coefficient (Wildman–Crippen LogP) is 6.29. The van der Waals surface area contributed by atoms with Crippen LogP contribution < -0.4 is 4.90 Å². The summed E-state index contributed by atoms with van der Waals surface area (Å²) < 4.78 is 0. The van der Waals surface area contributed by atoms with Crippen LogP contribution in [0.4, 0.5) is 5.82 Å². The quantitative estimate of drug-likeness (QED) is 0.492. The molecule has 0 saturated carbocycles. The van der Waals surface area contributed by atoms with Gasteiger partial charge in [-0.2, -0.15) is 4.98 Å². The highest BCUT2D eigenvalue weighted by Crippen LogP contribution is 2.42. The monoisotopic (exact) mass is 373 g/mol. The third-order valence-corrected chi connectivity index (χ3v) is 5.78. The first-order chi connectivity index (χ1) is 12.0. The maximum atomic E-state index is 6.20. The van der Waals surface area contributed by atoms with Crippen LogP contribution in [-0.4, -0.2) is 23.1 Å². The Morgan fingerprint density at radius 3 is 2.28 bits per heavy atom. The highest BCUT2D eigenvalue weighted by atomic mass is 35.5. The summed E-state index contributed by atoms with van der Waals surface area (Å²) in [6.45, 7) is 12.6. The van der Waals surface area contributed by atoms with Crippen LogP contribution in [0.1, 0.15) is 44.1 Å². The van der Waals surface area contributed by atoms with Crippen molar-refractivity contribution in [3.63, 3.8) is 0 Å². The van der Waals surface area contributed by atoms with Gasteiger partial charge in [-0.25, -0.2) is 4.98 Å². The first-order valence-electron chi connectivity index (χ1n) is 8.78. The lowest BCUT2D eigenvalue weighted by Crippen LogP contribution is -2.23. The van der Waals surface area contributed by atoms with Crippen LogP contribution in [0.3, 0.4) is 0 Å². The van der Waals surface area contributed by atoms with Gasteiger partial charge >= 0.3 is 0 Å². The van der Waals surface area contributed by atoms with Gasteiger partial charge in [0.15, 0.2) is 0 Å². The summed E-state index contributed by atoms with van der Waals surface area (Å²) in [6, 6.07) is 8.86. The van der Waals surface area contributed by atoms with Crippen molar-refractivity contribution in [1.29, 1.82) is 0 Å². The summed E-state index contributed by atoms with van der Waals surface area (Å²) in [5.41, 5.74) is 3.80. The summed E-state index contributed by atoms with van der Waals surface area (Å²) >= 11 is 7.89. The summed E-state index contributed by atoms with van der Waals surface area (Å²) in [4.78, 5) is 13.5. The number of aryl methyl sites for hydroxylation is 1. The van der Waals surface area contributed by atoms with Gasteiger partial charge in [-0.1, -0.05) is 38.1 Å². The Labute approximate surface area is 158 Å². The van der Waals surface area contributed by atoms with Gasteiger partial charge in [0.1, 0.15) is 10.6 Å². The van der Waals surface area contributed by atoms with Crippen molar-refractivity contribution < 1.29 is 0 Å². The molecule has 0 fully saturated rings. The Kier molecular flexibility index (Phi) is 5.30. The van der Waals surface area contributed by atoms with E-state index in [2.05, 4.69) is 73.8 Å². The van der Waals surface area contributed by atoms with Crippen LogP contribution in [0, 0.1) is 6.92 Å². The highest BCUT2D eigenvalue weighted by Gasteiger charge is 2.20. The topological polar surface area (TPSA) is 29.0 Å². The van der Waals surface area contributed by atoms with E-state index in [1.54, 1.807) is 11.3 Å². The number of halogens is 1. The molecule has 2 heterocycles. The number of benzene rings is 1. The van der Waals surface area contributed by atoms with Crippen molar-refractivity contribution in [2.45, 2.75) is 40.5 Å². The second-order valence-corrected chi connectivity index (χ2v) is 8.02. The summed E-state index contributed by atoms with van der Waals surface area (Å²) in [5.74, 6) is 1.47. The van der Waals surface area contributed by atoms with Gasteiger partial charge in [0, 0.05) is 23.5 Å². The average molecular weight is 374 g/mol. The maximum absolute atomic E-state index is 6.20. The van der Waals surface area contributed by atoms with Gasteiger partial charge in [0.25, 0.3) is 0 Å². The van der Waals surface area contributed by atoms with Gasteiger partial charge in [-0.15, -0.1) is 11.3 Å². The number of fused-ring (bicyclic) bond motifs is 1. The lowest BCUT2D eigenvalue weighted by Gasteiger charge is -2.21. The molecular formula is C20H24ClN3S. The van der Waals surface area contributed by atoms with Crippen LogP contribution in [-0.2, 0) is 0 Å². The molecule has 0 saturated heterocycles. The molecule has 132 valence electrons. The Hall–Kier alpha value is -1.65. The molecule has 0 spiro atoms. The van der Waals surface area contributed by atoms with E-state index in [-0.39, 0.29) is 0 Å². The Morgan fingerprint density at radius 1 is 1.08 bits per heavy atom. The van der Waals surface area contributed by atoms with E-state index in [0.29, 0.717) is 11.2 Å². The van der Waals surface area contributed by atoms with Crippen molar-refractivity contribution in [2.75, 3.05) is 18.0 Å². The molecule has 0 bridgehead atoms. The molecule has 0 amide bonds. The second-order valence-electron chi connectivity index (χ2n) is 6.48. The van der Waals surface area contributed by atoms with Crippen molar-refractivity contribution in [3.05, 3.63) is 40.0 Å².